The third-order valence-corrected chi connectivity index (χ3v) is 4.66. The van der Waals surface area contributed by atoms with Gasteiger partial charge >= 0.3 is 0 Å². The lowest BCUT2D eigenvalue weighted by molar-refractivity contribution is 0.0947. The largest absolute Gasteiger partial charge is 0.397 e. The van der Waals surface area contributed by atoms with Gasteiger partial charge in [0.15, 0.2) is 0 Å². The highest BCUT2D eigenvalue weighted by molar-refractivity contribution is 9.10. The van der Waals surface area contributed by atoms with Crippen LogP contribution in [0, 0.1) is 5.92 Å². The maximum atomic E-state index is 12.1. The first-order chi connectivity index (χ1) is 9.04. The Balaban J connectivity index is 2.28. The summed E-state index contributed by atoms with van der Waals surface area (Å²) in [4.78, 5) is 12.6. The standard InChI is InChI=1S/C13H15BrN2O2S/c1-7(6-17)5-16-13(18)12-11(15)10-8(14)3-2-4-9(10)19-12/h2-4,7,17H,5-6,15H2,1H3,(H,16,18). The van der Waals surface area contributed by atoms with Crippen molar-refractivity contribution < 1.29 is 9.90 Å². The number of halogens is 1. The second kappa shape index (κ2) is 5.90. The van der Waals surface area contributed by atoms with Gasteiger partial charge in [-0.1, -0.05) is 28.9 Å². The number of rotatable bonds is 4. The second-order valence-electron chi connectivity index (χ2n) is 4.46. The molecule has 0 bridgehead atoms. The van der Waals surface area contributed by atoms with Crippen molar-refractivity contribution in [3.8, 4) is 0 Å². The van der Waals surface area contributed by atoms with Crippen LogP contribution in [-0.2, 0) is 0 Å². The van der Waals surface area contributed by atoms with E-state index in [2.05, 4.69) is 21.2 Å². The van der Waals surface area contributed by atoms with E-state index in [1.54, 1.807) is 0 Å². The van der Waals surface area contributed by atoms with Crippen LogP contribution in [-0.4, -0.2) is 24.2 Å². The van der Waals surface area contributed by atoms with Crippen LogP contribution in [0.4, 0.5) is 5.69 Å². The summed E-state index contributed by atoms with van der Waals surface area (Å²) >= 11 is 4.82. The summed E-state index contributed by atoms with van der Waals surface area (Å²) in [6.45, 7) is 2.35. The number of fused-ring (bicyclic) bond motifs is 1. The van der Waals surface area contributed by atoms with Gasteiger partial charge in [-0.05, 0) is 18.1 Å². The van der Waals surface area contributed by atoms with Gasteiger partial charge in [0.2, 0.25) is 0 Å². The van der Waals surface area contributed by atoms with Crippen LogP contribution in [0.2, 0.25) is 0 Å². The van der Waals surface area contributed by atoms with Gasteiger partial charge in [0.1, 0.15) is 4.88 Å². The van der Waals surface area contributed by atoms with Crippen molar-refractivity contribution in [2.75, 3.05) is 18.9 Å². The molecule has 1 heterocycles. The number of carbonyl (C=O) groups excluding carboxylic acids is 1. The van der Waals surface area contributed by atoms with E-state index in [4.69, 9.17) is 10.8 Å². The first-order valence-corrected chi connectivity index (χ1v) is 7.51. The summed E-state index contributed by atoms with van der Waals surface area (Å²) in [7, 11) is 0. The summed E-state index contributed by atoms with van der Waals surface area (Å²) < 4.78 is 1.87. The number of benzene rings is 1. The minimum Gasteiger partial charge on any atom is -0.397 e. The van der Waals surface area contributed by atoms with Gasteiger partial charge in [0.05, 0.1) is 5.69 Å². The molecule has 0 radical (unpaired) electrons. The van der Waals surface area contributed by atoms with E-state index in [9.17, 15) is 4.79 Å². The Hall–Kier alpha value is -1.11. The van der Waals surface area contributed by atoms with Gasteiger partial charge in [-0.2, -0.15) is 0 Å². The Morgan fingerprint density at radius 1 is 1.58 bits per heavy atom. The third kappa shape index (κ3) is 2.91. The molecule has 1 atom stereocenters. The van der Waals surface area contributed by atoms with Crippen LogP contribution in [0.25, 0.3) is 10.1 Å². The average molecular weight is 343 g/mol. The highest BCUT2D eigenvalue weighted by Crippen LogP contribution is 2.37. The van der Waals surface area contributed by atoms with Crippen molar-refractivity contribution in [3.63, 3.8) is 0 Å². The maximum Gasteiger partial charge on any atom is 0.263 e. The van der Waals surface area contributed by atoms with Crippen molar-refractivity contribution in [2.45, 2.75) is 6.92 Å². The van der Waals surface area contributed by atoms with E-state index in [1.807, 2.05) is 25.1 Å². The molecule has 1 unspecified atom stereocenters. The highest BCUT2D eigenvalue weighted by Gasteiger charge is 2.18. The number of anilines is 1. The number of aliphatic hydroxyl groups is 1. The van der Waals surface area contributed by atoms with Crippen molar-refractivity contribution in [2.24, 2.45) is 5.92 Å². The molecule has 19 heavy (non-hydrogen) atoms. The van der Waals surface area contributed by atoms with E-state index < -0.39 is 0 Å². The van der Waals surface area contributed by atoms with Crippen molar-refractivity contribution in [1.82, 2.24) is 5.32 Å². The van der Waals surface area contributed by atoms with Crippen LogP contribution in [0.3, 0.4) is 0 Å². The van der Waals surface area contributed by atoms with Gasteiger partial charge < -0.3 is 16.2 Å². The van der Waals surface area contributed by atoms with E-state index in [-0.39, 0.29) is 18.4 Å². The smallest absolute Gasteiger partial charge is 0.263 e. The van der Waals surface area contributed by atoms with Crippen LogP contribution in [0.1, 0.15) is 16.6 Å². The topological polar surface area (TPSA) is 75.3 Å². The lowest BCUT2D eigenvalue weighted by Crippen LogP contribution is -2.29. The third-order valence-electron chi connectivity index (χ3n) is 2.83. The molecule has 1 amide bonds. The Morgan fingerprint density at radius 2 is 2.32 bits per heavy atom. The molecule has 1 aromatic carbocycles. The minimum absolute atomic E-state index is 0.0336. The number of thiophene rings is 1. The molecule has 4 N–H and O–H groups in total. The SMILES string of the molecule is CC(CO)CNC(=O)c1sc2cccc(Br)c2c1N. The van der Waals surface area contributed by atoms with E-state index in [1.165, 1.54) is 11.3 Å². The zero-order chi connectivity index (χ0) is 14.0. The molecule has 2 aromatic rings. The number of nitrogens with one attached hydrogen (secondary N) is 1. The number of amides is 1. The number of hydrogen-bond acceptors (Lipinski definition) is 4. The average Bonchev–Trinajstić information content (AvgIpc) is 2.74. The maximum absolute atomic E-state index is 12.1. The van der Waals surface area contributed by atoms with Gasteiger partial charge in [-0.3, -0.25) is 4.79 Å². The molecule has 102 valence electrons. The number of carbonyl (C=O) groups is 1. The quantitative estimate of drug-likeness (QED) is 0.799. The molecule has 4 nitrogen and oxygen atoms in total. The predicted octanol–water partition coefficient (Wildman–Crippen LogP) is 2.60. The van der Waals surface area contributed by atoms with Crippen molar-refractivity contribution in [1.29, 1.82) is 0 Å². The minimum atomic E-state index is -0.189. The normalized spacial score (nSPS) is 12.6. The molecule has 0 fully saturated rings. The van der Waals surface area contributed by atoms with Gasteiger partial charge in [-0.15, -0.1) is 11.3 Å². The fourth-order valence-corrected chi connectivity index (χ4v) is 3.49. The van der Waals surface area contributed by atoms with Crippen LogP contribution in [0.5, 0.6) is 0 Å². The summed E-state index contributed by atoms with van der Waals surface area (Å²) in [5.41, 5.74) is 6.55. The van der Waals surface area contributed by atoms with Crippen LogP contribution in [0.15, 0.2) is 22.7 Å². The highest BCUT2D eigenvalue weighted by atomic mass is 79.9. The first kappa shape index (κ1) is 14.3. The number of nitrogens with two attached hydrogens (primary N) is 1. The van der Waals surface area contributed by atoms with Gasteiger partial charge in [0.25, 0.3) is 5.91 Å². The predicted molar refractivity (Wildman–Crippen MR) is 82.5 cm³/mol. The van der Waals surface area contributed by atoms with Crippen molar-refractivity contribution in [3.05, 3.63) is 27.5 Å². The molecule has 2 rings (SSSR count). The number of hydrogen-bond donors (Lipinski definition) is 3. The van der Waals surface area contributed by atoms with Crippen LogP contribution < -0.4 is 11.1 Å². The summed E-state index contributed by atoms with van der Waals surface area (Å²) in [5, 5.41) is 12.6. The summed E-state index contributed by atoms with van der Waals surface area (Å²) in [5.74, 6) is -0.155. The first-order valence-electron chi connectivity index (χ1n) is 5.90. The lowest BCUT2D eigenvalue weighted by Gasteiger charge is -2.08. The summed E-state index contributed by atoms with van der Waals surface area (Å²) in [6.07, 6.45) is 0. The zero-order valence-corrected chi connectivity index (χ0v) is 12.8. The fourth-order valence-electron chi connectivity index (χ4n) is 1.71. The van der Waals surface area contributed by atoms with Crippen molar-refractivity contribution >= 4 is 48.9 Å². The van der Waals surface area contributed by atoms with E-state index in [0.29, 0.717) is 17.1 Å². The monoisotopic (exact) mass is 342 g/mol. The molecule has 6 heteroatoms. The lowest BCUT2D eigenvalue weighted by atomic mass is 10.2. The van der Waals surface area contributed by atoms with E-state index >= 15 is 0 Å². The second-order valence-corrected chi connectivity index (χ2v) is 6.36. The van der Waals surface area contributed by atoms with Gasteiger partial charge in [0, 0.05) is 27.7 Å². The Bertz CT molecular complexity index is 612. The Morgan fingerprint density at radius 3 is 2.95 bits per heavy atom. The zero-order valence-electron chi connectivity index (χ0n) is 10.4. The molecule has 0 aliphatic carbocycles. The number of nitrogen functional groups attached to an aromatic ring is 1. The molecule has 0 aliphatic rings. The van der Waals surface area contributed by atoms with Crippen LogP contribution >= 0.6 is 27.3 Å². The summed E-state index contributed by atoms with van der Waals surface area (Å²) in [6, 6.07) is 5.76. The molecule has 1 aromatic heterocycles. The molecule has 0 spiro atoms. The molecular formula is C13H15BrN2O2S. The molecular weight excluding hydrogens is 328 g/mol. The Labute approximate surface area is 123 Å². The van der Waals surface area contributed by atoms with E-state index in [0.717, 1.165) is 14.6 Å². The number of aliphatic hydroxyl groups excluding tert-OH is 1. The van der Waals surface area contributed by atoms with Gasteiger partial charge in [-0.25, -0.2) is 0 Å². The Kier molecular flexibility index (Phi) is 4.44. The molecule has 0 aliphatic heterocycles. The molecule has 0 saturated heterocycles. The fraction of sp³-hybridized carbons (Fsp3) is 0.308. The molecule has 0 saturated carbocycles.